The van der Waals surface area contributed by atoms with Crippen molar-refractivity contribution >= 4 is 29.0 Å². The number of fused-ring (bicyclic) bond motifs is 2. The van der Waals surface area contributed by atoms with E-state index in [0.29, 0.717) is 22.8 Å². The number of ketones is 1. The second kappa shape index (κ2) is 7.25. The molecule has 5 nitrogen and oxygen atoms in total. The van der Waals surface area contributed by atoms with Crippen molar-refractivity contribution < 1.29 is 14.0 Å². The summed E-state index contributed by atoms with van der Waals surface area (Å²) in [4.78, 5) is 33.4. The molecule has 31 heavy (non-hydrogen) atoms. The van der Waals surface area contributed by atoms with Crippen LogP contribution in [0, 0.1) is 11.7 Å². The number of hydrogen-bond acceptors (Lipinski definition) is 4. The van der Waals surface area contributed by atoms with E-state index in [0.717, 1.165) is 5.56 Å². The summed E-state index contributed by atoms with van der Waals surface area (Å²) in [7, 11) is 1.80. The Hall–Kier alpha value is -3.09. The van der Waals surface area contributed by atoms with Gasteiger partial charge in [-0.05, 0) is 55.1 Å². The third kappa shape index (κ3) is 2.90. The summed E-state index contributed by atoms with van der Waals surface area (Å²) >= 11 is 6.08. The highest BCUT2D eigenvalue weighted by atomic mass is 35.5. The van der Waals surface area contributed by atoms with Crippen molar-refractivity contribution in [1.82, 2.24) is 9.88 Å². The first kappa shape index (κ1) is 19.8. The van der Waals surface area contributed by atoms with Crippen LogP contribution in [0.3, 0.4) is 0 Å². The highest BCUT2D eigenvalue weighted by molar-refractivity contribution is 6.30. The average molecular weight is 436 g/mol. The second-order valence-corrected chi connectivity index (χ2v) is 8.44. The van der Waals surface area contributed by atoms with E-state index in [-0.39, 0.29) is 23.3 Å². The normalized spacial score (nSPS) is 24.9. The van der Waals surface area contributed by atoms with Gasteiger partial charge in [0, 0.05) is 34.9 Å². The molecule has 156 valence electrons. The molecule has 0 bridgehead atoms. The van der Waals surface area contributed by atoms with E-state index in [9.17, 15) is 14.0 Å². The van der Waals surface area contributed by atoms with Crippen molar-refractivity contribution in [2.45, 2.75) is 11.5 Å². The number of hydrogen-bond donors (Lipinski definition) is 1. The molecule has 3 heterocycles. The van der Waals surface area contributed by atoms with E-state index >= 15 is 0 Å². The highest BCUT2D eigenvalue weighted by Gasteiger charge is 2.64. The van der Waals surface area contributed by atoms with Crippen LogP contribution in [0.1, 0.15) is 27.5 Å². The van der Waals surface area contributed by atoms with Crippen LogP contribution in [0.15, 0.2) is 66.9 Å². The van der Waals surface area contributed by atoms with Crippen LogP contribution >= 0.6 is 11.6 Å². The van der Waals surface area contributed by atoms with Crippen LogP contribution in [0.4, 0.5) is 10.1 Å². The van der Waals surface area contributed by atoms with E-state index in [2.05, 4.69) is 10.3 Å². The van der Waals surface area contributed by atoms with Gasteiger partial charge in [0.2, 0.25) is 5.91 Å². The molecule has 5 rings (SSSR count). The minimum atomic E-state index is -1.34. The zero-order valence-corrected chi connectivity index (χ0v) is 17.4. The first-order valence-electron chi connectivity index (χ1n) is 9.96. The molecule has 0 aliphatic carbocycles. The van der Waals surface area contributed by atoms with E-state index in [1.165, 1.54) is 12.1 Å². The molecule has 0 radical (unpaired) electrons. The Kier molecular flexibility index (Phi) is 4.64. The summed E-state index contributed by atoms with van der Waals surface area (Å²) in [5.41, 5.74) is 0.828. The van der Waals surface area contributed by atoms with Gasteiger partial charge in [0.05, 0.1) is 5.92 Å². The Labute approximate surface area is 183 Å². The summed E-state index contributed by atoms with van der Waals surface area (Å²) in [6, 6.07) is 16.6. The van der Waals surface area contributed by atoms with Crippen LogP contribution in [-0.2, 0) is 10.3 Å². The third-order valence-corrected chi connectivity index (χ3v) is 6.66. The van der Waals surface area contributed by atoms with Crippen molar-refractivity contribution in [2.24, 2.45) is 5.92 Å². The van der Waals surface area contributed by atoms with Gasteiger partial charge >= 0.3 is 0 Å². The van der Waals surface area contributed by atoms with Crippen LogP contribution in [0.2, 0.25) is 5.02 Å². The summed E-state index contributed by atoms with van der Waals surface area (Å²) < 4.78 is 14.3. The summed E-state index contributed by atoms with van der Waals surface area (Å²) in [6.45, 7) is 0.439. The van der Waals surface area contributed by atoms with Gasteiger partial charge in [-0.2, -0.15) is 0 Å². The largest absolute Gasteiger partial charge is 0.324 e. The molecule has 3 aromatic rings. The van der Waals surface area contributed by atoms with Crippen LogP contribution < -0.4 is 5.32 Å². The number of amides is 1. The highest BCUT2D eigenvalue weighted by Crippen LogP contribution is 2.55. The molecule has 3 atom stereocenters. The molecule has 0 saturated carbocycles. The summed E-state index contributed by atoms with van der Waals surface area (Å²) in [5.74, 6) is -2.14. The van der Waals surface area contributed by atoms with Crippen LogP contribution in [0.25, 0.3) is 0 Å². The molecule has 1 spiro atoms. The minimum absolute atomic E-state index is 0.253. The Bertz CT molecular complexity index is 1190. The third-order valence-electron chi connectivity index (χ3n) is 6.41. The fourth-order valence-electron chi connectivity index (χ4n) is 5.09. The van der Waals surface area contributed by atoms with Crippen molar-refractivity contribution in [3.63, 3.8) is 0 Å². The maximum atomic E-state index is 14.3. The van der Waals surface area contributed by atoms with Gasteiger partial charge in [0.25, 0.3) is 0 Å². The van der Waals surface area contributed by atoms with Crippen molar-refractivity contribution in [1.29, 1.82) is 0 Å². The monoisotopic (exact) mass is 435 g/mol. The lowest BCUT2D eigenvalue weighted by atomic mass is 9.71. The lowest BCUT2D eigenvalue weighted by Crippen LogP contribution is -2.51. The van der Waals surface area contributed by atoms with E-state index in [1.807, 2.05) is 17.0 Å². The number of rotatable bonds is 3. The van der Waals surface area contributed by atoms with Crippen molar-refractivity contribution in [3.8, 4) is 0 Å². The first-order valence-corrected chi connectivity index (χ1v) is 10.3. The van der Waals surface area contributed by atoms with Gasteiger partial charge in [-0.3, -0.25) is 19.5 Å². The van der Waals surface area contributed by atoms with Crippen molar-refractivity contribution in [2.75, 3.05) is 18.9 Å². The second-order valence-electron chi connectivity index (χ2n) is 8.01. The fraction of sp³-hybridized carbons (Fsp3) is 0.208. The average Bonchev–Trinajstić information content (AvgIpc) is 3.24. The Morgan fingerprint density at radius 3 is 2.68 bits per heavy atom. The Morgan fingerprint density at radius 2 is 1.97 bits per heavy atom. The Balaban J connectivity index is 1.74. The maximum Gasteiger partial charge on any atom is 0.250 e. The first-order chi connectivity index (χ1) is 14.9. The number of anilines is 1. The smallest absolute Gasteiger partial charge is 0.250 e. The number of likely N-dealkylation sites (tertiary alicyclic amines) is 1. The molecule has 1 saturated heterocycles. The van der Waals surface area contributed by atoms with Gasteiger partial charge in [0.15, 0.2) is 5.78 Å². The Morgan fingerprint density at radius 1 is 1.19 bits per heavy atom. The number of aromatic nitrogens is 1. The molecule has 2 aliphatic heterocycles. The molecular formula is C24H19ClFN3O2. The number of nitrogens with zero attached hydrogens (tertiary/aromatic N) is 2. The zero-order chi connectivity index (χ0) is 21.8. The number of halogens is 2. The van der Waals surface area contributed by atoms with E-state index < -0.39 is 17.3 Å². The predicted octanol–water partition coefficient (Wildman–Crippen LogP) is 4.25. The molecular weight excluding hydrogens is 417 g/mol. The molecule has 1 aromatic heterocycles. The number of carbonyl (C=O) groups excluding carboxylic acids is 2. The van der Waals surface area contributed by atoms with Gasteiger partial charge < -0.3 is 5.32 Å². The van der Waals surface area contributed by atoms with Gasteiger partial charge in [-0.1, -0.05) is 29.8 Å². The summed E-state index contributed by atoms with van der Waals surface area (Å²) in [5, 5.41) is 3.45. The van der Waals surface area contributed by atoms with Gasteiger partial charge in [-0.25, -0.2) is 4.39 Å². The van der Waals surface area contributed by atoms with E-state index in [1.54, 1.807) is 49.6 Å². The number of likely N-dealkylation sites (N-methyl/N-ethyl adjacent to an activating group) is 1. The zero-order valence-electron chi connectivity index (χ0n) is 16.7. The molecule has 1 fully saturated rings. The van der Waals surface area contributed by atoms with Crippen LogP contribution in [0.5, 0.6) is 0 Å². The molecule has 1 N–H and O–H groups in total. The van der Waals surface area contributed by atoms with Gasteiger partial charge in [0.1, 0.15) is 17.1 Å². The molecule has 1 amide bonds. The van der Waals surface area contributed by atoms with Crippen molar-refractivity contribution in [3.05, 3.63) is 94.5 Å². The molecule has 0 unspecified atom stereocenters. The quantitative estimate of drug-likeness (QED) is 0.625. The number of Topliss-reactive ketones (excluding diaryl/α,β-unsaturated/α-hetero) is 1. The number of benzene rings is 2. The molecule has 7 heteroatoms. The SMILES string of the molecule is CN1C[C@H](c2ccc(Cl)cc2)[C@H](C(=O)c2ccccn2)[C@]12C(=O)Nc1ccc(F)cc12. The summed E-state index contributed by atoms with van der Waals surface area (Å²) in [6.07, 6.45) is 1.55. The van der Waals surface area contributed by atoms with E-state index in [4.69, 9.17) is 11.6 Å². The lowest BCUT2D eigenvalue weighted by molar-refractivity contribution is -0.126. The maximum absolute atomic E-state index is 14.3. The fourth-order valence-corrected chi connectivity index (χ4v) is 5.22. The lowest BCUT2D eigenvalue weighted by Gasteiger charge is -2.35. The van der Waals surface area contributed by atoms with Gasteiger partial charge in [-0.15, -0.1) is 0 Å². The number of nitrogens with one attached hydrogen (secondary N) is 1. The minimum Gasteiger partial charge on any atom is -0.324 e. The number of carbonyl (C=O) groups is 2. The van der Waals surface area contributed by atoms with Crippen LogP contribution in [-0.4, -0.2) is 35.2 Å². The topological polar surface area (TPSA) is 62.3 Å². The molecule has 2 aromatic carbocycles. The molecule has 2 aliphatic rings. The standard InChI is InChI=1S/C24H19ClFN3O2/c1-29-13-17(14-5-7-15(25)8-6-14)21(22(30)20-4-2-3-11-27-20)24(29)18-12-16(26)9-10-19(18)28-23(24)31/h2-12,17,21H,13H2,1H3,(H,28,31)/t17-,21-,24-/m1/s1. The number of pyridine rings is 1. The predicted molar refractivity (Wildman–Crippen MR) is 116 cm³/mol.